The highest BCUT2D eigenvalue weighted by Crippen LogP contribution is 2.38. The molecule has 1 aliphatic carbocycles. The molecule has 29 heavy (non-hydrogen) atoms. The van der Waals surface area contributed by atoms with Crippen LogP contribution in [0.2, 0.25) is 0 Å². The van der Waals surface area contributed by atoms with Gasteiger partial charge in [-0.1, -0.05) is 43.2 Å². The van der Waals surface area contributed by atoms with E-state index in [0.717, 1.165) is 44.1 Å². The van der Waals surface area contributed by atoms with Crippen LogP contribution in [-0.2, 0) is 7.05 Å². The number of amides is 1. The van der Waals surface area contributed by atoms with Crippen molar-refractivity contribution in [1.29, 1.82) is 0 Å². The summed E-state index contributed by atoms with van der Waals surface area (Å²) in [6, 6.07) is 11.4. The first-order valence-corrected chi connectivity index (χ1v) is 11.2. The van der Waals surface area contributed by atoms with E-state index < -0.39 is 0 Å². The molecule has 2 aliphatic rings. The van der Waals surface area contributed by atoms with Gasteiger partial charge in [0.1, 0.15) is 0 Å². The topological polar surface area (TPSA) is 50.2 Å². The molecular formula is C24H34N4O. The van der Waals surface area contributed by atoms with Crippen LogP contribution in [0.4, 0.5) is 0 Å². The van der Waals surface area contributed by atoms with Crippen LogP contribution < -0.4 is 5.32 Å². The van der Waals surface area contributed by atoms with Crippen molar-refractivity contribution in [3.8, 4) is 0 Å². The Labute approximate surface area is 174 Å². The van der Waals surface area contributed by atoms with Gasteiger partial charge < -0.3 is 10.2 Å². The smallest absolute Gasteiger partial charge is 0.254 e. The maximum atomic E-state index is 12.6. The lowest BCUT2D eigenvalue weighted by molar-refractivity contribution is 0.0906. The predicted molar refractivity (Wildman–Crippen MR) is 116 cm³/mol. The zero-order valence-corrected chi connectivity index (χ0v) is 17.8. The molecule has 1 aliphatic heterocycles. The predicted octanol–water partition coefficient (Wildman–Crippen LogP) is 3.90. The molecule has 0 unspecified atom stereocenters. The maximum Gasteiger partial charge on any atom is 0.254 e. The quantitative estimate of drug-likeness (QED) is 0.808. The monoisotopic (exact) mass is 394 g/mol. The Morgan fingerprint density at radius 3 is 2.45 bits per heavy atom. The SMILES string of the molecule is Cc1nn(C)cc1C(=O)NC1CCN(C[C@H](c2ccccc2)C2CCCC2)CC1. The van der Waals surface area contributed by atoms with Gasteiger partial charge in [-0.05, 0) is 50.0 Å². The molecule has 2 heterocycles. The molecule has 1 aromatic heterocycles. The number of nitrogens with one attached hydrogen (secondary N) is 1. The summed E-state index contributed by atoms with van der Waals surface area (Å²) < 4.78 is 1.71. The van der Waals surface area contributed by atoms with Gasteiger partial charge in [-0.15, -0.1) is 0 Å². The van der Waals surface area contributed by atoms with E-state index >= 15 is 0 Å². The van der Waals surface area contributed by atoms with Crippen molar-refractivity contribution in [2.45, 2.75) is 57.4 Å². The third-order valence-electron chi connectivity index (χ3n) is 6.83. The molecule has 0 bridgehead atoms. The van der Waals surface area contributed by atoms with Gasteiger partial charge in [0, 0.05) is 38.9 Å². The number of hydrogen-bond donors (Lipinski definition) is 1. The zero-order valence-electron chi connectivity index (χ0n) is 17.8. The molecular weight excluding hydrogens is 360 g/mol. The van der Waals surface area contributed by atoms with Gasteiger partial charge in [0.15, 0.2) is 0 Å². The summed E-state index contributed by atoms with van der Waals surface area (Å²) >= 11 is 0. The minimum atomic E-state index is 0.0159. The van der Waals surface area contributed by atoms with E-state index in [0.29, 0.717) is 11.5 Å². The third kappa shape index (κ3) is 4.89. The molecule has 0 radical (unpaired) electrons. The molecule has 1 amide bonds. The van der Waals surface area contributed by atoms with Crippen LogP contribution >= 0.6 is 0 Å². The molecule has 2 aromatic rings. The second-order valence-electron chi connectivity index (χ2n) is 8.91. The number of aromatic nitrogens is 2. The van der Waals surface area contributed by atoms with Crippen LogP contribution in [0.3, 0.4) is 0 Å². The van der Waals surface area contributed by atoms with E-state index in [2.05, 4.69) is 45.6 Å². The summed E-state index contributed by atoms with van der Waals surface area (Å²) in [5, 5.41) is 7.52. The Morgan fingerprint density at radius 1 is 1.14 bits per heavy atom. The highest BCUT2D eigenvalue weighted by Gasteiger charge is 2.30. The van der Waals surface area contributed by atoms with Gasteiger partial charge in [-0.2, -0.15) is 5.10 Å². The average molecular weight is 395 g/mol. The summed E-state index contributed by atoms with van der Waals surface area (Å²) in [5.41, 5.74) is 2.99. The standard InChI is InChI=1S/C24H34N4O/c1-18-22(16-27(2)26-18)24(29)25-21-12-14-28(15-13-21)17-23(20-10-6-7-11-20)19-8-4-3-5-9-19/h3-5,8-9,16,20-21,23H,6-7,10-15,17H2,1-2H3,(H,25,29)/t23-/m1/s1. The number of likely N-dealkylation sites (tertiary alicyclic amines) is 1. The Kier molecular flexibility index (Phi) is 6.34. The van der Waals surface area contributed by atoms with Gasteiger partial charge in [0.05, 0.1) is 11.3 Å². The van der Waals surface area contributed by atoms with Crippen LogP contribution in [0.1, 0.15) is 66.1 Å². The number of nitrogens with zero attached hydrogens (tertiary/aromatic N) is 3. The fourth-order valence-corrected chi connectivity index (χ4v) is 5.21. The van der Waals surface area contributed by atoms with Crippen LogP contribution in [0.15, 0.2) is 36.5 Å². The lowest BCUT2D eigenvalue weighted by Crippen LogP contribution is -2.46. The van der Waals surface area contributed by atoms with E-state index in [9.17, 15) is 4.79 Å². The molecule has 5 heteroatoms. The number of benzene rings is 1. The number of carbonyl (C=O) groups excluding carboxylic acids is 1. The summed E-state index contributed by atoms with van der Waals surface area (Å²) in [6.45, 7) is 5.17. The van der Waals surface area contributed by atoms with Crippen molar-refractivity contribution in [2.75, 3.05) is 19.6 Å². The van der Waals surface area contributed by atoms with Crippen LogP contribution in [0.25, 0.3) is 0 Å². The summed E-state index contributed by atoms with van der Waals surface area (Å²) in [6.07, 6.45) is 9.37. The largest absolute Gasteiger partial charge is 0.349 e. The first kappa shape index (κ1) is 20.1. The van der Waals surface area contributed by atoms with Gasteiger partial charge in [-0.3, -0.25) is 9.48 Å². The lowest BCUT2D eigenvalue weighted by Gasteiger charge is -2.36. The highest BCUT2D eigenvalue weighted by molar-refractivity contribution is 5.95. The molecule has 156 valence electrons. The Hall–Kier alpha value is -2.14. The van der Waals surface area contributed by atoms with Crippen molar-refractivity contribution in [3.05, 3.63) is 53.3 Å². The van der Waals surface area contributed by atoms with E-state index in [1.807, 2.05) is 20.2 Å². The van der Waals surface area contributed by atoms with Crippen molar-refractivity contribution < 1.29 is 4.79 Å². The van der Waals surface area contributed by atoms with Crippen LogP contribution in [0, 0.1) is 12.8 Å². The van der Waals surface area contributed by atoms with E-state index in [1.165, 1.54) is 31.2 Å². The van der Waals surface area contributed by atoms with Crippen molar-refractivity contribution in [3.63, 3.8) is 0 Å². The maximum absolute atomic E-state index is 12.6. The number of aryl methyl sites for hydroxylation is 2. The molecule has 1 atom stereocenters. The summed E-state index contributed by atoms with van der Waals surface area (Å²) in [7, 11) is 1.86. The first-order chi connectivity index (χ1) is 14.1. The normalized spacial score (nSPS) is 20.1. The molecule has 1 saturated carbocycles. The molecule has 0 spiro atoms. The second-order valence-corrected chi connectivity index (χ2v) is 8.91. The molecule has 1 saturated heterocycles. The van der Waals surface area contributed by atoms with Crippen molar-refractivity contribution in [2.24, 2.45) is 13.0 Å². The molecule has 5 nitrogen and oxygen atoms in total. The molecule has 2 fully saturated rings. The summed E-state index contributed by atoms with van der Waals surface area (Å²) in [4.78, 5) is 15.2. The number of hydrogen-bond acceptors (Lipinski definition) is 3. The fraction of sp³-hybridized carbons (Fsp3) is 0.583. The number of carbonyl (C=O) groups is 1. The lowest BCUT2D eigenvalue weighted by atomic mass is 9.84. The van der Waals surface area contributed by atoms with Gasteiger partial charge >= 0.3 is 0 Å². The van der Waals surface area contributed by atoms with Crippen LogP contribution in [-0.4, -0.2) is 46.3 Å². The first-order valence-electron chi connectivity index (χ1n) is 11.2. The number of rotatable bonds is 6. The minimum absolute atomic E-state index is 0.0159. The third-order valence-corrected chi connectivity index (χ3v) is 6.83. The Balaban J connectivity index is 1.32. The highest BCUT2D eigenvalue weighted by atomic mass is 16.1. The van der Waals surface area contributed by atoms with E-state index in [1.54, 1.807) is 4.68 Å². The van der Waals surface area contributed by atoms with E-state index in [-0.39, 0.29) is 11.9 Å². The Morgan fingerprint density at radius 2 is 1.83 bits per heavy atom. The van der Waals surface area contributed by atoms with Gasteiger partial charge in [0.25, 0.3) is 5.91 Å². The zero-order chi connectivity index (χ0) is 20.2. The van der Waals surface area contributed by atoms with Gasteiger partial charge in [-0.25, -0.2) is 0 Å². The average Bonchev–Trinajstić information content (AvgIpc) is 3.37. The summed E-state index contributed by atoms with van der Waals surface area (Å²) in [5.74, 6) is 1.48. The van der Waals surface area contributed by atoms with Crippen LogP contribution in [0.5, 0.6) is 0 Å². The van der Waals surface area contributed by atoms with E-state index in [4.69, 9.17) is 0 Å². The minimum Gasteiger partial charge on any atom is -0.349 e. The van der Waals surface area contributed by atoms with Gasteiger partial charge in [0.2, 0.25) is 0 Å². The molecule has 1 N–H and O–H groups in total. The second kappa shape index (κ2) is 9.12. The molecule has 1 aromatic carbocycles. The van der Waals surface area contributed by atoms with Crippen molar-refractivity contribution >= 4 is 5.91 Å². The molecule has 4 rings (SSSR count). The van der Waals surface area contributed by atoms with Crippen molar-refractivity contribution in [1.82, 2.24) is 20.0 Å². The number of piperidine rings is 1. The Bertz CT molecular complexity index is 802. The fourth-order valence-electron chi connectivity index (χ4n) is 5.21.